The zero-order chi connectivity index (χ0) is 13.9. The van der Waals surface area contributed by atoms with E-state index in [4.69, 9.17) is 0 Å². The highest BCUT2D eigenvalue weighted by Crippen LogP contribution is 2.32. The van der Waals surface area contributed by atoms with Gasteiger partial charge in [-0.3, -0.25) is 0 Å². The van der Waals surface area contributed by atoms with Crippen LogP contribution in [0.25, 0.3) is 21.3 Å². The van der Waals surface area contributed by atoms with Crippen molar-refractivity contribution < 1.29 is 0 Å². The molecule has 1 heterocycles. The first-order chi connectivity index (χ1) is 9.83. The summed E-state index contributed by atoms with van der Waals surface area (Å²) in [6.07, 6.45) is 1.01. The molecule has 0 aliphatic carbocycles. The lowest BCUT2D eigenvalue weighted by molar-refractivity contribution is 0.568. The fraction of sp³-hybridized carbons (Fsp3) is 0.250. The van der Waals surface area contributed by atoms with Gasteiger partial charge in [-0.1, -0.05) is 60.7 Å². The van der Waals surface area contributed by atoms with E-state index >= 15 is 0 Å². The first kappa shape index (κ1) is 13.2. The van der Waals surface area contributed by atoms with E-state index in [1.54, 1.807) is 11.3 Å². The van der Waals surface area contributed by atoms with Crippen molar-refractivity contribution in [3.05, 3.63) is 47.5 Å². The van der Waals surface area contributed by atoms with Crippen LogP contribution >= 0.6 is 11.3 Å². The van der Waals surface area contributed by atoms with Crippen LogP contribution in [0, 0.1) is 0 Å². The Kier molecular flexibility index (Phi) is 3.76. The lowest BCUT2D eigenvalue weighted by Gasteiger charge is -2.08. The van der Waals surface area contributed by atoms with E-state index in [1.165, 1.54) is 10.8 Å². The fourth-order valence-electron chi connectivity index (χ4n) is 2.40. The Bertz CT molecular complexity index is 711. The molecular formula is C16H17N3S. The first-order valence-electron chi connectivity index (χ1n) is 6.82. The minimum atomic E-state index is 0.288. The Hall–Kier alpha value is -1.78. The SMILES string of the molecule is CCC(NC)c1nnc(-c2cccc3ccccc23)s1. The zero-order valence-electron chi connectivity index (χ0n) is 11.6. The molecule has 2 aromatic carbocycles. The highest BCUT2D eigenvalue weighted by molar-refractivity contribution is 7.14. The second-order valence-corrected chi connectivity index (χ2v) is 5.73. The van der Waals surface area contributed by atoms with Crippen molar-refractivity contribution >= 4 is 22.1 Å². The molecule has 1 atom stereocenters. The van der Waals surface area contributed by atoms with Crippen molar-refractivity contribution in [3.63, 3.8) is 0 Å². The number of nitrogens with zero attached hydrogens (tertiary/aromatic N) is 2. The summed E-state index contributed by atoms with van der Waals surface area (Å²) in [4.78, 5) is 0. The summed E-state index contributed by atoms with van der Waals surface area (Å²) >= 11 is 1.67. The lowest BCUT2D eigenvalue weighted by Crippen LogP contribution is -2.14. The highest BCUT2D eigenvalue weighted by atomic mass is 32.1. The summed E-state index contributed by atoms with van der Waals surface area (Å²) in [6.45, 7) is 2.15. The van der Waals surface area contributed by atoms with Crippen LogP contribution in [0.5, 0.6) is 0 Å². The summed E-state index contributed by atoms with van der Waals surface area (Å²) in [7, 11) is 1.97. The summed E-state index contributed by atoms with van der Waals surface area (Å²) in [6, 6.07) is 15.0. The third kappa shape index (κ3) is 2.32. The third-order valence-corrected chi connectivity index (χ3v) is 4.59. The summed E-state index contributed by atoms with van der Waals surface area (Å²) in [5, 5.41) is 16.5. The number of fused-ring (bicyclic) bond motifs is 1. The van der Waals surface area contributed by atoms with Gasteiger partial charge in [-0.15, -0.1) is 10.2 Å². The molecule has 0 radical (unpaired) electrons. The first-order valence-corrected chi connectivity index (χ1v) is 7.64. The Balaban J connectivity index is 2.08. The molecule has 0 fully saturated rings. The average molecular weight is 283 g/mol. The minimum Gasteiger partial charge on any atom is -0.311 e. The Morgan fingerprint density at radius 2 is 1.90 bits per heavy atom. The average Bonchev–Trinajstić information content (AvgIpc) is 2.97. The van der Waals surface area contributed by atoms with Gasteiger partial charge >= 0.3 is 0 Å². The van der Waals surface area contributed by atoms with Crippen LogP contribution in [0.2, 0.25) is 0 Å². The topological polar surface area (TPSA) is 37.8 Å². The van der Waals surface area contributed by atoms with E-state index in [0.29, 0.717) is 0 Å². The third-order valence-electron chi connectivity index (χ3n) is 3.52. The van der Waals surface area contributed by atoms with Gasteiger partial charge < -0.3 is 5.32 Å². The van der Waals surface area contributed by atoms with Crippen LogP contribution in [-0.4, -0.2) is 17.2 Å². The van der Waals surface area contributed by atoms with Crippen LogP contribution in [0.4, 0.5) is 0 Å². The standard InChI is InChI=1S/C16H17N3S/c1-3-14(17-2)16-19-18-15(20-16)13-10-6-8-11-7-4-5-9-12(11)13/h4-10,14,17H,3H2,1-2H3. The molecule has 3 rings (SSSR count). The van der Waals surface area contributed by atoms with Crippen LogP contribution in [-0.2, 0) is 0 Å². The number of aromatic nitrogens is 2. The zero-order valence-corrected chi connectivity index (χ0v) is 12.4. The molecule has 20 heavy (non-hydrogen) atoms. The Morgan fingerprint density at radius 3 is 2.70 bits per heavy atom. The lowest BCUT2D eigenvalue weighted by atomic mass is 10.1. The van der Waals surface area contributed by atoms with E-state index in [1.807, 2.05) is 7.05 Å². The molecule has 0 bridgehead atoms. The van der Waals surface area contributed by atoms with Gasteiger partial charge in [0.05, 0.1) is 6.04 Å². The van der Waals surface area contributed by atoms with Crippen molar-refractivity contribution in [2.24, 2.45) is 0 Å². The molecule has 0 aliphatic heterocycles. The maximum absolute atomic E-state index is 4.38. The summed E-state index contributed by atoms with van der Waals surface area (Å²) in [5.41, 5.74) is 1.16. The van der Waals surface area contributed by atoms with Gasteiger partial charge in [-0.05, 0) is 24.2 Å². The van der Waals surface area contributed by atoms with E-state index in [2.05, 4.69) is 64.9 Å². The maximum Gasteiger partial charge on any atom is 0.148 e. The quantitative estimate of drug-likeness (QED) is 0.785. The molecule has 4 heteroatoms. The Morgan fingerprint density at radius 1 is 1.10 bits per heavy atom. The van der Waals surface area contributed by atoms with Crippen molar-refractivity contribution in [2.75, 3.05) is 7.05 Å². The van der Waals surface area contributed by atoms with Gasteiger partial charge in [0.25, 0.3) is 0 Å². The largest absolute Gasteiger partial charge is 0.311 e. The molecule has 1 N–H and O–H groups in total. The van der Waals surface area contributed by atoms with Crippen LogP contribution in [0.1, 0.15) is 24.4 Å². The Labute approximate surface area is 122 Å². The smallest absolute Gasteiger partial charge is 0.148 e. The molecule has 1 aromatic heterocycles. The molecule has 0 amide bonds. The van der Waals surface area contributed by atoms with E-state index < -0.39 is 0 Å². The fourth-order valence-corrected chi connectivity index (χ4v) is 3.47. The normalized spacial score (nSPS) is 12.7. The number of nitrogens with one attached hydrogen (secondary N) is 1. The van der Waals surface area contributed by atoms with Gasteiger partial charge in [0.15, 0.2) is 0 Å². The van der Waals surface area contributed by atoms with Gasteiger partial charge in [-0.2, -0.15) is 0 Å². The highest BCUT2D eigenvalue weighted by Gasteiger charge is 2.15. The van der Waals surface area contributed by atoms with Crippen molar-refractivity contribution in [1.29, 1.82) is 0 Å². The minimum absolute atomic E-state index is 0.288. The second-order valence-electron chi connectivity index (χ2n) is 4.72. The van der Waals surface area contributed by atoms with Gasteiger partial charge in [0.1, 0.15) is 10.0 Å². The van der Waals surface area contributed by atoms with Gasteiger partial charge in [0.2, 0.25) is 0 Å². The molecular weight excluding hydrogens is 266 g/mol. The molecule has 3 aromatic rings. The van der Waals surface area contributed by atoms with Crippen LogP contribution < -0.4 is 5.32 Å². The van der Waals surface area contributed by atoms with Crippen LogP contribution in [0.15, 0.2) is 42.5 Å². The van der Waals surface area contributed by atoms with Crippen LogP contribution in [0.3, 0.4) is 0 Å². The van der Waals surface area contributed by atoms with Crippen molar-refractivity contribution in [3.8, 4) is 10.6 Å². The van der Waals surface area contributed by atoms with E-state index in [0.717, 1.165) is 22.0 Å². The number of hydrogen-bond acceptors (Lipinski definition) is 4. The predicted octanol–water partition coefficient (Wildman–Crippen LogP) is 4.03. The van der Waals surface area contributed by atoms with E-state index in [-0.39, 0.29) is 6.04 Å². The summed E-state index contributed by atoms with van der Waals surface area (Å²) in [5.74, 6) is 0. The monoisotopic (exact) mass is 283 g/mol. The maximum atomic E-state index is 4.38. The predicted molar refractivity (Wildman–Crippen MR) is 84.9 cm³/mol. The molecule has 102 valence electrons. The molecule has 0 saturated carbocycles. The molecule has 0 aliphatic rings. The van der Waals surface area contributed by atoms with Gasteiger partial charge in [-0.25, -0.2) is 0 Å². The molecule has 0 spiro atoms. The second kappa shape index (κ2) is 5.69. The van der Waals surface area contributed by atoms with E-state index in [9.17, 15) is 0 Å². The van der Waals surface area contributed by atoms with Crippen molar-refractivity contribution in [1.82, 2.24) is 15.5 Å². The number of rotatable bonds is 4. The number of benzene rings is 2. The van der Waals surface area contributed by atoms with Crippen molar-refractivity contribution in [2.45, 2.75) is 19.4 Å². The van der Waals surface area contributed by atoms with Gasteiger partial charge in [0, 0.05) is 5.56 Å². The number of hydrogen-bond donors (Lipinski definition) is 1. The molecule has 0 saturated heterocycles. The molecule has 1 unspecified atom stereocenters. The summed E-state index contributed by atoms with van der Waals surface area (Å²) < 4.78 is 0. The molecule has 3 nitrogen and oxygen atoms in total.